The van der Waals surface area contributed by atoms with E-state index in [1.54, 1.807) is 7.11 Å². The summed E-state index contributed by atoms with van der Waals surface area (Å²) in [6.07, 6.45) is 0. The molecule has 0 rings (SSSR count). The summed E-state index contributed by atoms with van der Waals surface area (Å²) < 4.78 is 5.32. The third kappa shape index (κ3) is 7.20. The number of nitrogens with zero attached hydrogens (tertiary/aromatic N) is 1. The van der Waals surface area contributed by atoms with E-state index in [1.807, 2.05) is 7.05 Å². The van der Waals surface area contributed by atoms with E-state index in [1.165, 1.54) is 0 Å². The highest BCUT2D eigenvalue weighted by atomic mass is 16.5. The molecule has 0 amide bonds. The standard InChI is InChI=1S/C13H30N2O/c1-11(2)8-15(9-12(3)4)13(7-14-5)10-16-6/h11-14H,7-10H2,1-6H3. The van der Waals surface area contributed by atoms with Gasteiger partial charge in [0.25, 0.3) is 0 Å². The fourth-order valence-electron chi connectivity index (χ4n) is 2.03. The van der Waals surface area contributed by atoms with Gasteiger partial charge in [0.15, 0.2) is 0 Å². The minimum Gasteiger partial charge on any atom is -0.383 e. The number of hydrogen-bond donors (Lipinski definition) is 1. The first-order valence-electron chi connectivity index (χ1n) is 6.38. The Morgan fingerprint density at radius 1 is 1.06 bits per heavy atom. The molecule has 0 aromatic rings. The van der Waals surface area contributed by atoms with Crippen LogP contribution >= 0.6 is 0 Å². The fraction of sp³-hybridized carbons (Fsp3) is 1.00. The SMILES string of the molecule is CNCC(COC)N(CC(C)C)CC(C)C. The van der Waals surface area contributed by atoms with Crippen LogP contribution in [-0.2, 0) is 4.74 Å². The number of rotatable bonds is 9. The summed E-state index contributed by atoms with van der Waals surface area (Å²) >= 11 is 0. The van der Waals surface area contributed by atoms with Crippen molar-refractivity contribution in [2.75, 3.05) is 40.4 Å². The van der Waals surface area contributed by atoms with Gasteiger partial charge < -0.3 is 10.1 Å². The van der Waals surface area contributed by atoms with Crippen LogP contribution in [0.3, 0.4) is 0 Å². The van der Waals surface area contributed by atoms with Crippen molar-refractivity contribution in [3.63, 3.8) is 0 Å². The van der Waals surface area contributed by atoms with Crippen LogP contribution in [0.2, 0.25) is 0 Å². The number of methoxy groups -OCH3 is 1. The van der Waals surface area contributed by atoms with Gasteiger partial charge in [-0.25, -0.2) is 0 Å². The average Bonchev–Trinajstić information content (AvgIpc) is 2.15. The van der Waals surface area contributed by atoms with Gasteiger partial charge in [-0.05, 0) is 18.9 Å². The molecule has 0 aromatic carbocycles. The van der Waals surface area contributed by atoms with Gasteiger partial charge in [-0.3, -0.25) is 4.90 Å². The molecule has 0 aliphatic heterocycles. The molecule has 0 spiro atoms. The maximum Gasteiger partial charge on any atom is 0.0630 e. The molecule has 0 aromatic heterocycles. The van der Waals surface area contributed by atoms with E-state index in [9.17, 15) is 0 Å². The minimum absolute atomic E-state index is 0.486. The van der Waals surface area contributed by atoms with Crippen molar-refractivity contribution in [1.82, 2.24) is 10.2 Å². The largest absolute Gasteiger partial charge is 0.383 e. The van der Waals surface area contributed by atoms with Gasteiger partial charge in [-0.15, -0.1) is 0 Å². The molecule has 0 bridgehead atoms. The van der Waals surface area contributed by atoms with Gasteiger partial charge in [0.05, 0.1) is 6.61 Å². The molecular weight excluding hydrogens is 200 g/mol. The summed E-state index contributed by atoms with van der Waals surface area (Å²) in [5.41, 5.74) is 0. The second-order valence-corrected chi connectivity index (χ2v) is 5.41. The number of likely N-dealkylation sites (N-methyl/N-ethyl adjacent to an activating group) is 1. The lowest BCUT2D eigenvalue weighted by molar-refractivity contribution is 0.0745. The summed E-state index contributed by atoms with van der Waals surface area (Å²) in [6.45, 7) is 13.2. The van der Waals surface area contributed by atoms with Crippen LogP contribution in [0.25, 0.3) is 0 Å². The Kier molecular flexibility index (Phi) is 8.90. The third-order valence-electron chi connectivity index (χ3n) is 2.51. The molecule has 3 nitrogen and oxygen atoms in total. The van der Waals surface area contributed by atoms with E-state index in [0.29, 0.717) is 17.9 Å². The summed E-state index contributed by atoms with van der Waals surface area (Å²) in [7, 11) is 3.79. The van der Waals surface area contributed by atoms with E-state index < -0.39 is 0 Å². The van der Waals surface area contributed by atoms with Crippen LogP contribution in [0.4, 0.5) is 0 Å². The van der Waals surface area contributed by atoms with E-state index in [4.69, 9.17) is 4.74 Å². The summed E-state index contributed by atoms with van der Waals surface area (Å²) in [6, 6.07) is 0.486. The Labute approximate surface area is 102 Å². The summed E-state index contributed by atoms with van der Waals surface area (Å²) in [5, 5.41) is 3.26. The first kappa shape index (κ1) is 15.9. The Hall–Kier alpha value is -0.120. The summed E-state index contributed by atoms with van der Waals surface area (Å²) in [4.78, 5) is 2.55. The predicted molar refractivity (Wildman–Crippen MR) is 70.8 cm³/mol. The lowest BCUT2D eigenvalue weighted by Crippen LogP contribution is -2.47. The van der Waals surface area contributed by atoms with Crippen molar-refractivity contribution < 1.29 is 4.74 Å². The Bertz CT molecular complexity index is 144. The van der Waals surface area contributed by atoms with Crippen LogP contribution in [0.5, 0.6) is 0 Å². The molecule has 0 aliphatic carbocycles. The lowest BCUT2D eigenvalue weighted by Gasteiger charge is -2.33. The quantitative estimate of drug-likeness (QED) is 0.654. The van der Waals surface area contributed by atoms with Crippen molar-refractivity contribution in [2.45, 2.75) is 33.7 Å². The Morgan fingerprint density at radius 3 is 1.88 bits per heavy atom. The third-order valence-corrected chi connectivity index (χ3v) is 2.51. The van der Waals surface area contributed by atoms with Crippen molar-refractivity contribution in [3.05, 3.63) is 0 Å². The fourth-order valence-corrected chi connectivity index (χ4v) is 2.03. The van der Waals surface area contributed by atoms with Gasteiger partial charge in [-0.1, -0.05) is 27.7 Å². The first-order valence-corrected chi connectivity index (χ1v) is 6.38. The molecule has 0 aliphatic rings. The monoisotopic (exact) mass is 230 g/mol. The molecule has 0 saturated heterocycles. The molecule has 0 heterocycles. The second kappa shape index (κ2) is 8.97. The van der Waals surface area contributed by atoms with Crippen molar-refractivity contribution >= 4 is 0 Å². The summed E-state index contributed by atoms with van der Waals surface area (Å²) in [5.74, 6) is 1.41. The molecule has 0 radical (unpaired) electrons. The maximum atomic E-state index is 5.32. The molecule has 0 saturated carbocycles. The zero-order chi connectivity index (χ0) is 12.6. The molecule has 3 heteroatoms. The average molecular weight is 230 g/mol. The zero-order valence-corrected chi connectivity index (χ0v) is 11.9. The highest BCUT2D eigenvalue weighted by Gasteiger charge is 2.19. The van der Waals surface area contributed by atoms with Crippen LogP contribution in [0, 0.1) is 11.8 Å². The van der Waals surface area contributed by atoms with Crippen molar-refractivity contribution in [3.8, 4) is 0 Å². The maximum absolute atomic E-state index is 5.32. The molecule has 0 fully saturated rings. The molecule has 1 atom stereocenters. The van der Waals surface area contributed by atoms with Gasteiger partial charge in [-0.2, -0.15) is 0 Å². The van der Waals surface area contributed by atoms with Gasteiger partial charge in [0, 0.05) is 32.8 Å². The number of ether oxygens (including phenoxy) is 1. The van der Waals surface area contributed by atoms with Gasteiger partial charge in [0.1, 0.15) is 0 Å². The molecule has 16 heavy (non-hydrogen) atoms. The van der Waals surface area contributed by atoms with E-state index >= 15 is 0 Å². The lowest BCUT2D eigenvalue weighted by atomic mass is 10.1. The molecular formula is C13H30N2O. The Morgan fingerprint density at radius 2 is 1.56 bits per heavy atom. The van der Waals surface area contributed by atoms with Crippen LogP contribution in [0.15, 0.2) is 0 Å². The normalized spacial score (nSPS) is 14.1. The molecule has 98 valence electrons. The Balaban J connectivity index is 4.39. The topological polar surface area (TPSA) is 24.5 Å². The van der Waals surface area contributed by atoms with E-state index in [-0.39, 0.29) is 0 Å². The minimum atomic E-state index is 0.486. The highest BCUT2D eigenvalue weighted by molar-refractivity contribution is 4.75. The van der Waals surface area contributed by atoms with Crippen molar-refractivity contribution in [1.29, 1.82) is 0 Å². The number of nitrogens with one attached hydrogen (secondary N) is 1. The second-order valence-electron chi connectivity index (χ2n) is 5.41. The van der Waals surface area contributed by atoms with Gasteiger partial charge >= 0.3 is 0 Å². The highest BCUT2D eigenvalue weighted by Crippen LogP contribution is 2.08. The molecule has 1 N–H and O–H groups in total. The van der Waals surface area contributed by atoms with Crippen LogP contribution in [0.1, 0.15) is 27.7 Å². The van der Waals surface area contributed by atoms with E-state index in [2.05, 4.69) is 37.9 Å². The van der Waals surface area contributed by atoms with Crippen molar-refractivity contribution in [2.24, 2.45) is 11.8 Å². The van der Waals surface area contributed by atoms with Crippen LogP contribution in [-0.4, -0.2) is 51.3 Å². The van der Waals surface area contributed by atoms with Gasteiger partial charge in [0.2, 0.25) is 0 Å². The smallest absolute Gasteiger partial charge is 0.0630 e. The zero-order valence-electron chi connectivity index (χ0n) is 11.9. The predicted octanol–water partition coefficient (Wildman–Crippen LogP) is 1.83. The first-order chi connectivity index (χ1) is 7.51. The molecule has 1 unspecified atom stereocenters. The number of hydrogen-bond acceptors (Lipinski definition) is 3. The van der Waals surface area contributed by atoms with E-state index in [0.717, 1.165) is 26.2 Å². The van der Waals surface area contributed by atoms with Crippen LogP contribution < -0.4 is 5.32 Å².